The van der Waals surface area contributed by atoms with E-state index in [4.69, 9.17) is 14.5 Å². The number of fused-ring (bicyclic) bond motifs is 2. The molecule has 190 valence electrons. The number of anilines is 2. The minimum Gasteiger partial charge on any atom is -0.383 e. The molecule has 2 aliphatic heterocycles. The number of amides is 1. The van der Waals surface area contributed by atoms with Gasteiger partial charge in [0.25, 0.3) is 0 Å². The average Bonchev–Trinajstić information content (AvgIpc) is 3.45. The van der Waals surface area contributed by atoms with Gasteiger partial charge in [0.05, 0.1) is 30.2 Å². The number of morpholine rings is 1. The summed E-state index contributed by atoms with van der Waals surface area (Å²) in [6.07, 6.45) is 1.37. The van der Waals surface area contributed by atoms with Crippen molar-refractivity contribution < 1.29 is 14.3 Å². The van der Waals surface area contributed by atoms with Crippen molar-refractivity contribution in [3.05, 3.63) is 28.6 Å². The maximum Gasteiger partial charge on any atom is 0.226 e. The van der Waals surface area contributed by atoms with Gasteiger partial charge in [-0.05, 0) is 30.7 Å². The molecule has 11 heteroatoms. The Labute approximate surface area is 219 Å². The Morgan fingerprint density at radius 2 is 2.11 bits per heavy atom. The van der Waals surface area contributed by atoms with E-state index in [2.05, 4.69) is 39.0 Å². The fourth-order valence-electron chi connectivity index (χ4n) is 4.44. The quantitative estimate of drug-likeness (QED) is 0.360. The lowest BCUT2D eigenvalue weighted by molar-refractivity contribution is -0.116. The second-order valence-corrected chi connectivity index (χ2v) is 10.6. The van der Waals surface area contributed by atoms with Crippen molar-refractivity contribution in [2.24, 2.45) is 0 Å². The molecular formula is C24H32ClN5O3S2. The van der Waals surface area contributed by atoms with Gasteiger partial charge in [-0.2, -0.15) is 0 Å². The number of methoxy groups -OCH3 is 1. The van der Waals surface area contributed by atoms with E-state index in [1.54, 1.807) is 29.8 Å². The number of rotatable bonds is 9. The molecule has 5 rings (SSSR count). The first-order chi connectivity index (χ1) is 16.7. The number of hydrogen-bond donors (Lipinski definition) is 3. The Morgan fingerprint density at radius 1 is 1.26 bits per heavy atom. The fourth-order valence-corrected chi connectivity index (χ4v) is 6.81. The molecule has 0 spiro atoms. The Bertz CT molecular complexity index is 1150. The van der Waals surface area contributed by atoms with Crippen LogP contribution in [0.2, 0.25) is 0 Å². The van der Waals surface area contributed by atoms with Gasteiger partial charge >= 0.3 is 0 Å². The second kappa shape index (κ2) is 12.4. The number of para-hydroxylation sites is 1. The number of halogens is 1. The Kier molecular flexibility index (Phi) is 9.34. The number of nitrogens with zero attached hydrogens (tertiary/aromatic N) is 2. The lowest BCUT2D eigenvalue weighted by Crippen LogP contribution is -2.36. The van der Waals surface area contributed by atoms with Crippen molar-refractivity contribution in [3.8, 4) is 10.6 Å². The van der Waals surface area contributed by atoms with Crippen LogP contribution in [0.3, 0.4) is 0 Å². The summed E-state index contributed by atoms with van der Waals surface area (Å²) in [7, 11) is 1.68. The molecule has 0 atom stereocenters. The Balaban J connectivity index is 0.00000289. The van der Waals surface area contributed by atoms with E-state index in [-0.39, 0.29) is 18.3 Å². The van der Waals surface area contributed by atoms with Gasteiger partial charge in [0, 0.05) is 56.7 Å². The number of ether oxygens (including phenoxy) is 2. The summed E-state index contributed by atoms with van der Waals surface area (Å²) in [5.41, 5.74) is 4.64. The number of hydrogen-bond acceptors (Lipinski definition) is 9. The molecule has 0 saturated carbocycles. The van der Waals surface area contributed by atoms with Crippen molar-refractivity contribution in [2.45, 2.75) is 19.4 Å². The molecule has 1 fully saturated rings. The predicted octanol–water partition coefficient (Wildman–Crippen LogP) is 3.49. The van der Waals surface area contributed by atoms with E-state index < -0.39 is 0 Å². The summed E-state index contributed by atoms with van der Waals surface area (Å²) >= 11 is 3.39. The SMILES string of the molecule is COCCNCCC(=O)Nc1sc2c(c1-c1nc3c(N4CCOCC4)cccc3s1)CCNC2.Cl. The first-order valence-corrected chi connectivity index (χ1v) is 13.5. The van der Waals surface area contributed by atoms with E-state index in [0.29, 0.717) is 19.6 Å². The highest BCUT2D eigenvalue weighted by atomic mass is 35.5. The zero-order chi connectivity index (χ0) is 23.3. The number of nitrogens with one attached hydrogen (secondary N) is 3. The van der Waals surface area contributed by atoms with E-state index in [1.807, 2.05) is 0 Å². The number of thiazole rings is 1. The van der Waals surface area contributed by atoms with Crippen LogP contribution in [-0.2, 0) is 27.2 Å². The molecule has 0 aliphatic carbocycles. The number of benzene rings is 1. The van der Waals surface area contributed by atoms with Crippen molar-refractivity contribution in [2.75, 3.05) is 69.9 Å². The lowest BCUT2D eigenvalue weighted by atomic mass is 10.0. The largest absolute Gasteiger partial charge is 0.383 e. The molecule has 1 saturated heterocycles. The maximum absolute atomic E-state index is 12.7. The van der Waals surface area contributed by atoms with Crippen LogP contribution < -0.4 is 20.9 Å². The zero-order valence-electron chi connectivity index (χ0n) is 19.9. The Hall–Kier alpha value is -1.79. The van der Waals surface area contributed by atoms with Crippen molar-refractivity contribution in [1.82, 2.24) is 15.6 Å². The van der Waals surface area contributed by atoms with Crippen LogP contribution in [0.25, 0.3) is 20.8 Å². The van der Waals surface area contributed by atoms with Gasteiger partial charge in [-0.1, -0.05) is 6.07 Å². The molecule has 3 N–H and O–H groups in total. The van der Waals surface area contributed by atoms with Crippen LogP contribution in [0.1, 0.15) is 16.9 Å². The average molecular weight is 538 g/mol. The third-order valence-corrected chi connectivity index (χ3v) is 8.34. The molecular weight excluding hydrogens is 506 g/mol. The molecule has 3 aromatic rings. The van der Waals surface area contributed by atoms with Crippen molar-refractivity contribution in [3.63, 3.8) is 0 Å². The van der Waals surface area contributed by atoms with Gasteiger partial charge in [-0.3, -0.25) is 4.79 Å². The predicted molar refractivity (Wildman–Crippen MR) is 147 cm³/mol. The monoisotopic (exact) mass is 537 g/mol. The lowest BCUT2D eigenvalue weighted by Gasteiger charge is -2.28. The van der Waals surface area contributed by atoms with Crippen LogP contribution >= 0.6 is 35.1 Å². The van der Waals surface area contributed by atoms with Gasteiger partial charge in [0.2, 0.25) is 5.91 Å². The van der Waals surface area contributed by atoms with Gasteiger partial charge in [-0.15, -0.1) is 35.1 Å². The molecule has 0 unspecified atom stereocenters. The third kappa shape index (κ3) is 5.96. The highest BCUT2D eigenvalue weighted by Gasteiger charge is 2.26. The number of carbonyl (C=O) groups excluding carboxylic acids is 1. The summed E-state index contributed by atoms with van der Waals surface area (Å²) in [6.45, 7) is 7.04. The molecule has 35 heavy (non-hydrogen) atoms. The summed E-state index contributed by atoms with van der Waals surface area (Å²) in [5, 5.41) is 11.8. The maximum atomic E-state index is 12.7. The standard InChI is InChI=1S/C24H31N5O3S2.ClH/c1-31-12-9-25-8-6-20(30)27-23-21(16-5-7-26-15-19(16)34-23)24-28-22-17(3-2-4-18(22)33-24)29-10-13-32-14-11-29;/h2-4,25-26H,5-15H2,1H3,(H,27,30);1H. The second-order valence-electron chi connectivity index (χ2n) is 8.42. The summed E-state index contributed by atoms with van der Waals surface area (Å²) in [6, 6.07) is 6.41. The van der Waals surface area contributed by atoms with E-state index in [0.717, 1.165) is 73.4 Å². The molecule has 0 bridgehead atoms. The van der Waals surface area contributed by atoms with E-state index >= 15 is 0 Å². The minimum absolute atomic E-state index is 0. The van der Waals surface area contributed by atoms with Crippen LogP contribution in [0, 0.1) is 0 Å². The van der Waals surface area contributed by atoms with E-state index in [9.17, 15) is 4.79 Å². The highest BCUT2D eigenvalue weighted by Crippen LogP contribution is 2.45. The summed E-state index contributed by atoms with van der Waals surface area (Å²) in [4.78, 5) is 21.6. The summed E-state index contributed by atoms with van der Waals surface area (Å²) in [5.74, 6) is 0.0211. The first-order valence-electron chi connectivity index (χ1n) is 11.8. The molecule has 1 amide bonds. The van der Waals surface area contributed by atoms with Crippen LogP contribution in [0.15, 0.2) is 18.2 Å². The number of thiophene rings is 1. The molecule has 0 radical (unpaired) electrons. The molecule has 1 aromatic carbocycles. The van der Waals surface area contributed by atoms with Crippen molar-refractivity contribution >= 4 is 61.9 Å². The van der Waals surface area contributed by atoms with Gasteiger partial charge in [0.1, 0.15) is 15.5 Å². The number of aromatic nitrogens is 1. The fraction of sp³-hybridized carbons (Fsp3) is 0.500. The molecule has 8 nitrogen and oxygen atoms in total. The normalized spacial score (nSPS) is 15.6. The summed E-state index contributed by atoms with van der Waals surface area (Å²) < 4.78 is 11.8. The molecule has 2 aromatic heterocycles. The zero-order valence-corrected chi connectivity index (χ0v) is 22.3. The van der Waals surface area contributed by atoms with Gasteiger partial charge < -0.3 is 30.3 Å². The molecule has 2 aliphatic rings. The van der Waals surface area contributed by atoms with Crippen LogP contribution in [0.4, 0.5) is 10.7 Å². The highest BCUT2D eigenvalue weighted by molar-refractivity contribution is 7.23. The first kappa shape index (κ1) is 26.3. The van der Waals surface area contributed by atoms with Crippen LogP contribution in [-0.4, -0.2) is 70.5 Å². The minimum atomic E-state index is 0. The van der Waals surface area contributed by atoms with E-state index in [1.165, 1.54) is 20.8 Å². The topological polar surface area (TPSA) is 87.8 Å². The van der Waals surface area contributed by atoms with Gasteiger partial charge in [0.15, 0.2) is 0 Å². The van der Waals surface area contributed by atoms with Crippen LogP contribution in [0.5, 0.6) is 0 Å². The third-order valence-electron chi connectivity index (χ3n) is 6.16. The van der Waals surface area contributed by atoms with Gasteiger partial charge in [-0.25, -0.2) is 4.98 Å². The smallest absolute Gasteiger partial charge is 0.226 e. The Morgan fingerprint density at radius 3 is 2.94 bits per heavy atom. The molecule has 4 heterocycles. The number of carbonyl (C=O) groups is 1. The van der Waals surface area contributed by atoms with Crippen molar-refractivity contribution in [1.29, 1.82) is 0 Å².